The van der Waals surface area contributed by atoms with Crippen LogP contribution >= 0.6 is 0 Å². The molecule has 3 aromatic rings. The lowest BCUT2D eigenvalue weighted by Gasteiger charge is -2.35. The van der Waals surface area contributed by atoms with E-state index in [2.05, 4.69) is 54.7 Å². The lowest BCUT2D eigenvalue weighted by molar-refractivity contribution is 0.119. The van der Waals surface area contributed by atoms with E-state index < -0.39 is 0 Å². The number of pyridine rings is 2. The Kier molecular flexibility index (Phi) is 7.82. The molecule has 0 bridgehead atoms. The summed E-state index contributed by atoms with van der Waals surface area (Å²) in [4.78, 5) is 27.5. The van der Waals surface area contributed by atoms with Crippen LogP contribution in [0, 0.1) is 13.8 Å². The van der Waals surface area contributed by atoms with Crippen LogP contribution in [0.5, 0.6) is 11.5 Å². The van der Waals surface area contributed by atoms with E-state index in [1.165, 1.54) is 5.56 Å². The maximum Gasteiger partial charge on any atom is 0.317 e. The lowest BCUT2D eigenvalue weighted by Crippen LogP contribution is -2.48. The van der Waals surface area contributed by atoms with Gasteiger partial charge in [-0.05, 0) is 49.7 Å². The fourth-order valence-electron chi connectivity index (χ4n) is 4.76. The van der Waals surface area contributed by atoms with Crippen molar-refractivity contribution in [2.45, 2.75) is 20.4 Å². The average molecular weight is 502 g/mol. The normalized spacial score (nSPS) is 16.6. The van der Waals surface area contributed by atoms with Gasteiger partial charge in [-0.15, -0.1) is 0 Å². The maximum absolute atomic E-state index is 11.7. The minimum Gasteiger partial charge on any atom is -0.455 e. The molecule has 0 atom stereocenters. The first-order valence-electron chi connectivity index (χ1n) is 12.9. The van der Waals surface area contributed by atoms with E-state index in [0.29, 0.717) is 5.75 Å². The van der Waals surface area contributed by atoms with Gasteiger partial charge in [0.1, 0.15) is 17.3 Å². The summed E-state index contributed by atoms with van der Waals surface area (Å²) in [5, 5.41) is 6.28. The molecule has 1 aromatic carbocycles. The number of ether oxygens (including phenoxy) is 1. The van der Waals surface area contributed by atoms with Crippen molar-refractivity contribution in [2.75, 3.05) is 57.7 Å². The number of hydrogen-bond donors (Lipinski definition) is 2. The van der Waals surface area contributed by atoms with Gasteiger partial charge in [-0.1, -0.05) is 12.1 Å². The monoisotopic (exact) mass is 501 g/mol. The lowest BCUT2D eigenvalue weighted by atomic mass is 10.1. The molecule has 0 radical (unpaired) electrons. The molecule has 2 aliphatic heterocycles. The number of nitrogens with zero attached hydrogens (tertiary/aromatic N) is 5. The standard InChI is InChI=1S/C28H35N7O2/c1-21-6-7-26(22(2)31-21)37-25-8-9-29-27(19-25)32-24-5-3-4-23(18-24)20-34-14-12-33(13-15-34)16-17-35-11-10-30-28(35)36/h3-9,18-19H,10-17,20H2,1-2H3,(H,29,32)(H,30,36). The number of urea groups is 1. The molecular weight excluding hydrogens is 466 g/mol. The van der Waals surface area contributed by atoms with Crippen molar-refractivity contribution in [3.05, 3.63) is 71.7 Å². The van der Waals surface area contributed by atoms with Gasteiger partial charge in [0, 0.05) is 82.5 Å². The summed E-state index contributed by atoms with van der Waals surface area (Å²) in [6, 6.07) is 16.2. The largest absolute Gasteiger partial charge is 0.455 e. The molecular formula is C28H35N7O2. The Morgan fingerprint density at radius 3 is 2.59 bits per heavy atom. The van der Waals surface area contributed by atoms with Crippen molar-refractivity contribution in [1.29, 1.82) is 0 Å². The molecule has 2 fully saturated rings. The third-order valence-corrected chi connectivity index (χ3v) is 6.84. The molecule has 194 valence electrons. The molecule has 2 aliphatic rings. The van der Waals surface area contributed by atoms with Crippen molar-refractivity contribution in [2.24, 2.45) is 0 Å². The van der Waals surface area contributed by atoms with Crippen LogP contribution in [0.15, 0.2) is 54.7 Å². The van der Waals surface area contributed by atoms with Gasteiger partial charge in [-0.3, -0.25) is 14.8 Å². The number of hydrogen-bond acceptors (Lipinski definition) is 7. The Hall–Kier alpha value is -3.69. The van der Waals surface area contributed by atoms with Gasteiger partial charge in [0.15, 0.2) is 0 Å². The van der Waals surface area contributed by atoms with Gasteiger partial charge in [0.05, 0.1) is 5.69 Å². The first-order chi connectivity index (χ1) is 18.0. The highest BCUT2D eigenvalue weighted by Gasteiger charge is 2.22. The van der Waals surface area contributed by atoms with Crippen LogP contribution in [0.4, 0.5) is 16.3 Å². The van der Waals surface area contributed by atoms with Gasteiger partial charge in [-0.25, -0.2) is 9.78 Å². The molecule has 0 aliphatic carbocycles. The molecule has 2 aromatic heterocycles. The van der Waals surface area contributed by atoms with Gasteiger partial charge in [0.2, 0.25) is 0 Å². The SMILES string of the molecule is Cc1ccc(Oc2ccnc(Nc3cccc(CN4CCN(CCN5CCNC5=O)CC4)c3)c2)c(C)n1. The van der Waals surface area contributed by atoms with Crippen LogP contribution in [0.25, 0.3) is 0 Å². The highest BCUT2D eigenvalue weighted by Crippen LogP contribution is 2.26. The van der Waals surface area contributed by atoms with Gasteiger partial charge in [-0.2, -0.15) is 0 Å². The minimum absolute atomic E-state index is 0.0697. The Balaban J connectivity index is 1.12. The van der Waals surface area contributed by atoms with E-state index in [-0.39, 0.29) is 6.03 Å². The summed E-state index contributed by atoms with van der Waals surface area (Å²) < 4.78 is 6.05. The molecule has 0 saturated carbocycles. The third kappa shape index (κ3) is 6.75. The number of nitrogens with one attached hydrogen (secondary N) is 2. The number of aryl methyl sites for hydroxylation is 2. The third-order valence-electron chi connectivity index (χ3n) is 6.84. The van der Waals surface area contributed by atoms with E-state index >= 15 is 0 Å². The van der Waals surface area contributed by atoms with Gasteiger partial charge in [0.25, 0.3) is 0 Å². The Labute approximate surface area is 218 Å². The van der Waals surface area contributed by atoms with Crippen molar-refractivity contribution >= 4 is 17.5 Å². The number of carbonyl (C=O) groups excluding carboxylic acids is 1. The molecule has 9 heteroatoms. The van der Waals surface area contributed by atoms with Crippen LogP contribution in [0.2, 0.25) is 0 Å². The predicted molar refractivity (Wildman–Crippen MR) is 144 cm³/mol. The van der Waals surface area contributed by atoms with E-state index in [1.807, 2.05) is 43.0 Å². The zero-order valence-electron chi connectivity index (χ0n) is 21.6. The molecule has 37 heavy (non-hydrogen) atoms. The van der Waals surface area contributed by atoms with Crippen LogP contribution in [0.3, 0.4) is 0 Å². The second-order valence-electron chi connectivity index (χ2n) is 9.68. The fourth-order valence-corrected chi connectivity index (χ4v) is 4.76. The zero-order valence-corrected chi connectivity index (χ0v) is 21.6. The molecule has 5 rings (SSSR count). The Bertz CT molecular complexity index is 1230. The smallest absolute Gasteiger partial charge is 0.317 e. The zero-order chi connectivity index (χ0) is 25.6. The summed E-state index contributed by atoms with van der Waals surface area (Å²) in [7, 11) is 0. The first kappa shape index (κ1) is 25.0. The van der Waals surface area contributed by atoms with E-state index in [4.69, 9.17) is 4.74 Å². The molecule has 0 spiro atoms. The molecule has 0 unspecified atom stereocenters. The first-order valence-corrected chi connectivity index (χ1v) is 12.9. The highest BCUT2D eigenvalue weighted by atomic mass is 16.5. The number of piperazine rings is 1. The van der Waals surface area contributed by atoms with Gasteiger partial charge < -0.3 is 20.3 Å². The second-order valence-corrected chi connectivity index (χ2v) is 9.68. The highest BCUT2D eigenvalue weighted by molar-refractivity contribution is 5.76. The summed E-state index contributed by atoms with van der Waals surface area (Å²) >= 11 is 0. The number of carbonyl (C=O) groups is 1. The number of aromatic nitrogens is 2. The summed E-state index contributed by atoms with van der Waals surface area (Å²) in [5.74, 6) is 2.18. The molecule has 4 heterocycles. The minimum atomic E-state index is 0.0697. The summed E-state index contributed by atoms with van der Waals surface area (Å²) in [6.45, 7) is 12.3. The average Bonchev–Trinajstić information content (AvgIpc) is 3.30. The number of amides is 2. The van der Waals surface area contributed by atoms with E-state index in [1.54, 1.807) is 6.20 Å². The molecule has 2 N–H and O–H groups in total. The second kappa shape index (κ2) is 11.6. The number of benzene rings is 1. The van der Waals surface area contributed by atoms with Crippen molar-refractivity contribution in [3.63, 3.8) is 0 Å². The van der Waals surface area contributed by atoms with Crippen LogP contribution in [-0.2, 0) is 6.54 Å². The number of anilines is 2. The Morgan fingerprint density at radius 1 is 0.973 bits per heavy atom. The molecule has 2 saturated heterocycles. The molecule has 9 nitrogen and oxygen atoms in total. The van der Waals surface area contributed by atoms with Crippen LogP contribution < -0.4 is 15.4 Å². The fraction of sp³-hybridized carbons (Fsp3) is 0.393. The van der Waals surface area contributed by atoms with Crippen molar-refractivity contribution in [1.82, 2.24) is 30.0 Å². The molecule has 2 amide bonds. The topological polar surface area (TPSA) is 85.9 Å². The Morgan fingerprint density at radius 2 is 1.81 bits per heavy atom. The summed E-state index contributed by atoms with van der Waals surface area (Å²) in [5.41, 5.74) is 4.09. The van der Waals surface area contributed by atoms with Crippen molar-refractivity contribution in [3.8, 4) is 11.5 Å². The summed E-state index contributed by atoms with van der Waals surface area (Å²) in [6.07, 6.45) is 1.74. The van der Waals surface area contributed by atoms with E-state index in [9.17, 15) is 4.79 Å². The number of rotatable bonds is 9. The van der Waals surface area contributed by atoms with Gasteiger partial charge >= 0.3 is 6.03 Å². The van der Waals surface area contributed by atoms with E-state index in [0.717, 1.165) is 87.5 Å². The maximum atomic E-state index is 11.7. The quantitative estimate of drug-likeness (QED) is 0.462. The van der Waals surface area contributed by atoms with Crippen LogP contribution in [-0.4, -0.2) is 83.1 Å². The van der Waals surface area contributed by atoms with Crippen LogP contribution in [0.1, 0.15) is 17.0 Å². The van der Waals surface area contributed by atoms with Crippen molar-refractivity contribution < 1.29 is 9.53 Å². The predicted octanol–water partition coefficient (Wildman–Crippen LogP) is 3.77.